The van der Waals surface area contributed by atoms with E-state index in [0.29, 0.717) is 12.5 Å². The molecule has 146 valence electrons. The Balaban J connectivity index is 2.04. The van der Waals surface area contributed by atoms with Crippen LogP contribution in [-0.4, -0.2) is 23.6 Å². The summed E-state index contributed by atoms with van der Waals surface area (Å²) in [6.45, 7) is 2.27. The van der Waals surface area contributed by atoms with Gasteiger partial charge in [0.25, 0.3) is 0 Å². The first-order chi connectivity index (χ1) is 12.9. The minimum absolute atomic E-state index is 0.0370. The summed E-state index contributed by atoms with van der Waals surface area (Å²) in [5.74, 6) is 0.185. The van der Waals surface area contributed by atoms with Crippen LogP contribution in [0.3, 0.4) is 0 Å². The van der Waals surface area contributed by atoms with Gasteiger partial charge in [0.2, 0.25) is 0 Å². The van der Waals surface area contributed by atoms with Gasteiger partial charge < -0.3 is 9.64 Å². The van der Waals surface area contributed by atoms with Gasteiger partial charge in [0.05, 0.1) is 6.61 Å². The van der Waals surface area contributed by atoms with Crippen molar-refractivity contribution in [2.75, 3.05) is 18.6 Å². The standard InChI is InChI=1S/C20H24F3N3O/c1-3-12-27-19-24-13-16(20(21,22)23)18(25-19)26(2)17-11-7-6-10-15(17)14-8-4-5-9-14/h6-7,10-11,13-14H,3-5,8-9,12H2,1-2H3. The largest absolute Gasteiger partial charge is 0.463 e. The number of aromatic nitrogens is 2. The van der Waals surface area contributed by atoms with Crippen molar-refractivity contribution in [2.24, 2.45) is 0 Å². The first-order valence-electron chi connectivity index (χ1n) is 9.31. The molecule has 2 aromatic rings. The van der Waals surface area contributed by atoms with Gasteiger partial charge in [0.15, 0.2) is 5.82 Å². The summed E-state index contributed by atoms with van der Waals surface area (Å²) in [6.07, 6.45) is 1.41. The monoisotopic (exact) mass is 379 g/mol. The Morgan fingerprint density at radius 1 is 1.19 bits per heavy atom. The first kappa shape index (κ1) is 19.5. The van der Waals surface area contributed by atoms with Crippen LogP contribution in [0.15, 0.2) is 30.5 Å². The molecule has 1 aromatic heterocycles. The topological polar surface area (TPSA) is 38.2 Å². The average Bonchev–Trinajstić information content (AvgIpc) is 3.19. The number of hydrogen-bond acceptors (Lipinski definition) is 4. The highest BCUT2D eigenvalue weighted by molar-refractivity contribution is 5.66. The Morgan fingerprint density at radius 3 is 2.56 bits per heavy atom. The van der Waals surface area contributed by atoms with Gasteiger partial charge in [0.1, 0.15) is 5.56 Å². The number of halogens is 3. The molecule has 1 aliphatic carbocycles. The Morgan fingerprint density at radius 2 is 1.89 bits per heavy atom. The van der Waals surface area contributed by atoms with Crippen LogP contribution in [0, 0.1) is 0 Å². The molecule has 0 N–H and O–H groups in total. The van der Waals surface area contributed by atoms with Gasteiger partial charge in [-0.25, -0.2) is 4.98 Å². The van der Waals surface area contributed by atoms with Crippen LogP contribution in [0.2, 0.25) is 0 Å². The van der Waals surface area contributed by atoms with E-state index >= 15 is 0 Å². The Bertz CT molecular complexity index is 773. The Hall–Kier alpha value is -2.31. The molecule has 0 aliphatic heterocycles. The van der Waals surface area contributed by atoms with E-state index in [2.05, 4.69) is 9.97 Å². The zero-order chi connectivity index (χ0) is 19.4. The van der Waals surface area contributed by atoms with Gasteiger partial charge in [-0.2, -0.15) is 18.2 Å². The summed E-state index contributed by atoms with van der Waals surface area (Å²) in [6, 6.07) is 7.59. The van der Waals surface area contributed by atoms with E-state index < -0.39 is 11.7 Å². The summed E-state index contributed by atoms with van der Waals surface area (Å²) in [5, 5.41) is 0. The highest BCUT2D eigenvalue weighted by atomic mass is 19.4. The van der Waals surface area contributed by atoms with Gasteiger partial charge in [-0.1, -0.05) is 38.0 Å². The molecule has 4 nitrogen and oxygen atoms in total. The van der Waals surface area contributed by atoms with Crippen molar-refractivity contribution in [3.63, 3.8) is 0 Å². The van der Waals surface area contributed by atoms with E-state index in [1.807, 2.05) is 31.2 Å². The predicted molar refractivity (Wildman–Crippen MR) is 98.5 cm³/mol. The minimum atomic E-state index is -4.55. The number of benzene rings is 1. The number of ether oxygens (including phenoxy) is 1. The minimum Gasteiger partial charge on any atom is -0.463 e. The molecule has 7 heteroatoms. The quantitative estimate of drug-likeness (QED) is 0.644. The number of anilines is 2. The molecule has 3 rings (SSSR count). The smallest absolute Gasteiger partial charge is 0.421 e. The summed E-state index contributed by atoms with van der Waals surface area (Å²) >= 11 is 0. The first-order valence-corrected chi connectivity index (χ1v) is 9.31. The number of para-hydroxylation sites is 1. The molecule has 0 radical (unpaired) electrons. The molecule has 0 amide bonds. The number of nitrogens with zero attached hydrogens (tertiary/aromatic N) is 3. The van der Waals surface area contributed by atoms with E-state index in [4.69, 9.17) is 4.74 Å². The van der Waals surface area contributed by atoms with Crippen molar-refractivity contribution in [1.29, 1.82) is 0 Å². The second kappa shape index (κ2) is 8.15. The lowest BCUT2D eigenvalue weighted by molar-refractivity contribution is -0.137. The molecule has 0 spiro atoms. The average molecular weight is 379 g/mol. The summed E-state index contributed by atoms with van der Waals surface area (Å²) < 4.78 is 46.0. The molecule has 0 saturated heterocycles. The maximum atomic E-state index is 13.6. The highest BCUT2D eigenvalue weighted by Gasteiger charge is 2.37. The van der Waals surface area contributed by atoms with Gasteiger partial charge in [-0.15, -0.1) is 0 Å². The lowest BCUT2D eigenvalue weighted by atomic mass is 9.95. The van der Waals surface area contributed by atoms with Crippen molar-refractivity contribution in [3.8, 4) is 6.01 Å². The van der Waals surface area contributed by atoms with Gasteiger partial charge >= 0.3 is 12.2 Å². The van der Waals surface area contributed by atoms with E-state index in [0.717, 1.165) is 49.6 Å². The molecule has 1 heterocycles. The number of rotatable bonds is 6. The molecule has 0 atom stereocenters. The lowest BCUT2D eigenvalue weighted by Crippen LogP contribution is -2.20. The molecule has 1 aliphatic rings. The fourth-order valence-corrected chi connectivity index (χ4v) is 3.56. The van der Waals surface area contributed by atoms with Crippen LogP contribution < -0.4 is 9.64 Å². The van der Waals surface area contributed by atoms with E-state index in [1.165, 1.54) is 4.90 Å². The van der Waals surface area contributed by atoms with E-state index in [-0.39, 0.29) is 11.8 Å². The fourth-order valence-electron chi connectivity index (χ4n) is 3.56. The number of alkyl halides is 3. The van der Waals surface area contributed by atoms with Crippen LogP contribution in [0.25, 0.3) is 0 Å². The van der Waals surface area contributed by atoms with Gasteiger partial charge in [0, 0.05) is 18.9 Å². The van der Waals surface area contributed by atoms with Gasteiger partial charge in [-0.3, -0.25) is 0 Å². The fraction of sp³-hybridized carbons (Fsp3) is 0.500. The Kier molecular flexibility index (Phi) is 5.87. The zero-order valence-electron chi connectivity index (χ0n) is 15.6. The zero-order valence-corrected chi connectivity index (χ0v) is 15.6. The molecule has 1 saturated carbocycles. The molecule has 0 bridgehead atoms. The Labute approximate surface area is 157 Å². The normalized spacial score (nSPS) is 15.1. The van der Waals surface area contributed by atoms with Crippen LogP contribution >= 0.6 is 0 Å². The maximum Gasteiger partial charge on any atom is 0.421 e. The lowest BCUT2D eigenvalue weighted by Gasteiger charge is -2.26. The van der Waals surface area contributed by atoms with E-state index in [9.17, 15) is 13.2 Å². The number of hydrogen-bond donors (Lipinski definition) is 0. The molecule has 1 fully saturated rings. The molecule has 0 unspecified atom stereocenters. The highest BCUT2D eigenvalue weighted by Crippen LogP contribution is 2.42. The molecule has 1 aromatic carbocycles. The van der Waals surface area contributed by atoms with Crippen molar-refractivity contribution in [3.05, 3.63) is 41.6 Å². The van der Waals surface area contributed by atoms with Gasteiger partial charge in [-0.05, 0) is 36.8 Å². The third kappa shape index (κ3) is 4.34. The summed E-state index contributed by atoms with van der Waals surface area (Å²) in [5.41, 5.74) is 0.949. The third-order valence-corrected chi connectivity index (χ3v) is 4.90. The third-order valence-electron chi connectivity index (χ3n) is 4.90. The van der Waals surface area contributed by atoms with Crippen LogP contribution in [0.4, 0.5) is 24.7 Å². The molecular weight excluding hydrogens is 355 g/mol. The second-order valence-corrected chi connectivity index (χ2v) is 6.84. The summed E-state index contributed by atoms with van der Waals surface area (Å²) in [7, 11) is 1.62. The van der Waals surface area contributed by atoms with Crippen LogP contribution in [-0.2, 0) is 6.18 Å². The van der Waals surface area contributed by atoms with Crippen molar-refractivity contribution in [1.82, 2.24) is 9.97 Å². The van der Waals surface area contributed by atoms with Crippen molar-refractivity contribution < 1.29 is 17.9 Å². The second-order valence-electron chi connectivity index (χ2n) is 6.84. The summed E-state index contributed by atoms with van der Waals surface area (Å²) in [4.78, 5) is 9.34. The van der Waals surface area contributed by atoms with Crippen LogP contribution in [0.5, 0.6) is 6.01 Å². The molecule has 27 heavy (non-hydrogen) atoms. The predicted octanol–water partition coefficient (Wildman–Crippen LogP) is 5.71. The molecular formula is C20H24F3N3O. The van der Waals surface area contributed by atoms with Crippen molar-refractivity contribution in [2.45, 2.75) is 51.1 Å². The van der Waals surface area contributed by atoms with Crippen LogP contribution in [0.1, 0.15) is 56.1 Å². The SMILES string of the molecule is CCCOc1ncc(C(F)(F)F)c(N(C)c2ccccc2C2CCCC2)n1. The van der Waals surface area contributed by atoms with Crippen molar-refractivity contribution >= 4 is 11.5 Å². The van der Waals surface area contributed by atoms with E-state index in [1.54, 1.807) is 7.05 Å². The maximum absolute atomic E-state index is 13.6.